The van der Waals surface area contributed by atoms with Gasteiger partial charge in [-0.3, -0.25) is 0 Å². The molecule has 0 bridgehead atoms. The summed E-state index contributed by atoms with van der Waals surface area (Å²) in [5.41, 5.74) is 1.02. The van der Waals surface area contributed by atoms with Gasteiger partial charge in [-0.15, -0.1) is 0 Å². The van der Waals surface area contributed by atoms with Gasteiger partial charge in [0.05, 0.1) is 18.9 Å². The van der Waals surface area contributed by atoms with Gasteiger partial charge in [0.2, 0.25) is 5.88 Å². The predicted octanol–water partition coefficient (Wildman–Crippen LogP) is 1.48. The van der Waals surface area contributed by atoms with E-state index in [0.29, 0.717) is 12.1 Å². The lowest BCUT2D eigenvalue weighted by Crippen LogP contribution is -2.36. The lowest BCUT2D eigenvalue weighted by atomic mass is 9.93. The summed E-state index contributed by atoms with van der Waals surface area (Å²) in [7, 11) is 5.36. The van der Waals surface area contributed by atoms with E-state index in [9.17, 15) is 0 Å². The standard InChI is InChI=1S/C13H23N3O2/c1-16-13(18-3)8-11(15-16)9-14-10-5-4-6-12(7-10)17-2/h8,10,12,14H,4-7,9H2,1-3H3. The molecule has 2 rings (SSSR count). The van der Waals surface area contributed by atoms with Gasteiger partial charge in [-0.05, 0) is 25.7 Å². The smallest absolute Gasteiger partial charge is 0.211 e. The number of hydrogen-bond donors (Lipinski definition) is 1. The van der Waals surface area contributed by atoms with Gasteiger partial charge < -0.3 is 14.8 Å². The number of aryl methyl sites for hydroxylation is 1. The first kappa shape index (κ1) is 13.4. The minimum atomic E-state index is 0.412. The second-order valence-electron chi connectivity index (χ2n) is 4.90. The highest BCUT2D eigenvalue weighted by Crippen LogP contribution is 2.21. The molecule has 5 nitrogen and oxygen atoms in total. The Balaban J connectivity index is 1.83. The maximum atomic E-state index is 5.43. The molecular weight excluding hydrogens is 230 g/mol. The minimum absolute atomic E-state index is 0.412. The van der Waals surface area contributed by atoms with Crippen LogP contribution in [-0.2, 0) is 18.3 Å². The van der Waals surface area contributed by atoms with Gasteiger partial charge in [-0.25, -0.2) is 4.68 Å². The van der Waals surface area contributed by atoms with Crippen LogP contribution in [0.4, 0.5) is 0 Å². The molecule has 1 saturated carbocycles. The van der Waals surface area contributed by atoms with Gasteiger partial charge in [0.15, 0.2) is 0 Å². The Bertz CT molecular complexity index is 378. The summed E-state index contributed by atoms with van der Waals surface area (Å²) >= 11 is 0. The lowest BCUT2D eigenvalue weighted by molar-refractivity contribution is 0.0585. The van der Waals surface area contributed by atoms with Crippen LogP contribution in [0.5, 0.6) is 5.88 Å². The van der Waals surface area contributed by atoms with Crippen LogP contribution in [0.15, 0.2) is 6.07 Å². The Morgan fingerprint density at radius 1 is 1.44 bits per heavy atom. The Hall–Kier alpha value is -1.07. The van der Waals surface area contributed by atoms with Crippen LogP contribution in [0.1, 0.15) is 31.4 Å². The fourth-order valence-corrected chi connectivity index (χ4v) is 2.58. The zero-order chi connectivity index (χ0) is 13.0. The number of hydrogen-bond acceptors (Lipinski definition) is 4. The summed E-state index contributed by atoms with van der Waals surface area (Å²) in [6.45, 7) is 0.790. The number of nitrogens with one attached hydrogen (secondary N) is 1. The van der Waals surface area contributed by atoms with E-state index in [2.05, 4.69) is 10.4 Å². The molecule has 2 unspecified atom stereocenters. The number of aromatic nitrogens is 2. The molecule has 1 N–H and O–H groups in total. The predicted molar refractivity (Wildman–Crippen MR) is 69.7 cm³/mol. The molecule has 1 fully saturated rings. The van der Waals surface area contributed by atoms with Gasteiger partial charge in [0.25, 0.3) is 0 Å². The molecule has 0 spiro atoms. The van der Waals surface area contributed by atoms with Gasteiger partial charge in [0, 0.05) is 32.8 Å². The van der Waals surface area contributed by atoms with E-state index in [1.54, 1.807) is 18.9 Å². The van der Waals surface area contributed by atoms with Gasteiger partial charge in [-0.1, -0.05) is 0 Å². The molecule has 0 radical (unpaired) electrons. The monoisotopic (exact) mass is 253 g/mol. The maximum Gasteiger partial charge on any atom is 0.211 e. The molecule has 1 aliphatic rings. The quantitative estimate of drug-likeness (QED) is 0.863. The summed E-state index contributed by atoms with van der Waals surface area (Å²) < 4.78 is 12.4. The number of nitrogens with zero attached hydrogens (tertiary/aromatic N) is 2. The molecule has 5 heteroatoms. The highest BCUT2D eigenvalue weighted by molar-refractivity contribution is 5.15. The van der Waals surface area contributed by atoms with Crippen molar-refractivity contribution in [3.63, 3.8) is 0 Å². The Labute approximate surface area is 108 Å². The van der Waals surface area contributed by atoms with Gasteiger partial charge in [0.1, 0.15) is 0 Å². The molecule has 18 heavy (non-hydrogen) atoms. The van der Waals surface area contributed by atoms with E-state index in [1.165, 1.54) is 19.3 Å². The van der Waals surface area contributed by atoms with E-state index in [4.69, 9.17) is 9.47 Å². The zero-order valence-corrected chi connectivity index (χ0v) is 11.5. The van der Waals surface area contributed by atoms with Gasteiger partial charge >= 0.3 is 0 Å². The average Bonchev–Trinajstić information content (AvgIpc) is 2.77. The van der Waals surface area contributed by atoms with E-state index in [0.717, 1.165) is 24.5 Å². The molecule has 2 atom stereocenters. The van der Waals surface area contributed by atoms with Crippen LogP contribution in [0.25, 0.3) is 0 Å². The minimum Gasteiger partial charge on any atom is -0.481 e. The van der Waals surface area contributed by atoms with Crippen LogP contribution in [0, 0.1) is 0 Å². The first-order valence-electron chi connectivity index (χ1n) is 6.56. The highest BCUT2D eigenvalue weighted by atomic mass is 16.5. The van der Waals surface area contributed by atoms with Crippen LogP contribution < -0.4 is 10.1 Å². The van der Waals surface area contributed by atoms with Crippen molar-refractivity contribution in [3.8, 4) is 5.88 Å². The molecule has 1 aromatic rings. The zero-order valence-electron chi connectivity index (χ0n) is 11.5. The molecule has 1 aromatic heterocycles. The molecule has 0 aromatic carbocycles. The topological polar surface area (TPSA) is 48.3 Å². The maximum absolute atomic E-state index is 5.43. The first-order chi connectivity index (χ1) is 8.72. The largest absolute Gasteiger partial charge is 0.481 e. The number of ether oxygens (including phenoxy) is 2. The van der Waals surface area contributed by atoms with Crippen molar-refractivity contribution >= 4 is 0 Å². The Morgan fingerprint density at radius 3 is 2.94 bits per heavy atom. The molecule has 1 heterocycles. The summed E-state index contributed by atoms with van der Waals surface area (Å²) in [6.07, 6.45) is 5.16. The fraction of sp³-hybridized carbons (Fsp3) is 0.769. The molecule has 0 aliphatic heterocycles. The normalized spacial score (nSPS) is 24.2. The molecule has 1 aliphatic carbocycles. The van der Waals surface area contributed by atoms with Crippen molar-refractivity contribution in [1.29, 1.82) is 0 Å². The molecule has 0 saturated heterocycles. The fourth-order valence-electron chi connectivity index (χ4n) is 2.58. The summed E-state index contributed by atoms with van der Waals surface area (Å²) in [5.74, 6) is 0.796. The summed E-state index contributed by atoms with van der Waals surface area (Å²) in [6, 6.07) is 2.51. The van der Waals surface area contributed by atoms with Crippen molar-refractivity contribution in [2.45, 2.75) is 44.4 Å². The van der Waals surface area contributed by atoms with Crippen LogP contribution >= 0.6 is 0 Å². The van der Waals surface area contributed by atoms with Crippen LogP contribution in [0.3, 0.4) is 0 Å². The lowest BCUT2D eigenvalue weighted by Gasteiger charge is -2.28. The van der Waals surface area contributed by atoms with Crippen molar-refractivity contribution in [2.75, 3.05) is 14.2 Å². The third-order valence-corrected chi connectivity index (χ3v) is 3.63. The van der Waals surface area contributed by atoms with E-state index < -0.39 is 0 Å². The SMILES string of the molecule is COc1cc(CNC2CCCC(OC)C2)nn1C. The highest BCUT2D eigenvalue weighted by Gasteiger charge is 2.21. The summed E-state index contributed by atoms with van der Waals surface area (Å²) in [4.78, 5) is 0. The Morgan fingerprint density at radius 2 is 2.28 bits per heavy atom. The van der Waals surface area contributed by atoms with Crippen LogP contribution in [-0.4, -0.2) is 36.1 Å². The molecule has 0 amide bonds. The van der Waals surface area contributed by atoms with Crippen molar-refractivity contribution in [2.24, 2.45) is 7.05 Å². The molecule has 102 valence electrons. The number of rotatable bonds is 5. The Kier molecular flexibility index (Phi) is 4.60. The summed E-state index contributed by atoms with van der Waals surface area (Å²) in [5, 5.41) is 7.96. The van der Waals surface area contributed by atoms with E-state index in [1.807, 2.05) is 13.1 Å². The third-order valence-electron chi connectivity index (χ3n) is 3.63. The second kappa shape index (κ2) is 6.20. The second-order valence-corrected chi connectivity index (χ2v) is 4.90. The average molecular weight is 253 g/mol. The number of methoxy groups -OCH3 is 2. The van der Waals surface area contributed by atoms with E-state index in [-0.39, 0.29) is 0 Å². The van der Waals surface area contributed by atoms with E-state index >= 15 is 0 Å². The van der Waals surface area contributed by atoms with Crippen molar-refractivity contribution in [1.82, 2.24) is 15.1 Å². The van der Waals surface area contributed by atoms with Crippen molar-refractivity contribution < 1.29 is 9.47 Å². The molecular formula is C13H23N3O2. The van der Waals surface area contributed by atoms with Crippen molar-refractivity contribution in [3.05, 3.63) is 11.8 Å². The van der Waals surface area contributed by atoms with Crippen LogP contribution in [0.2, 0.25) is 0 Å². The van der Waals surface area contributed by atoms with Gasteiger partial charge in [-0.2, -0.15) is 5.10 Å². The third kappa shape index (κ3) is 3.23. The first-order valence-corrected chi connectivity index (χ1v) is 6.56.